The van der Waals surface area contributed by atoms with E-state index >= 15 is 0 Å². The van der Waals surface area contributed by atoms with Gasteiger partial charge in [0.25, 0.3) is 0 Å². The fourth-order valence-electron chi connectivity index (χ4n) is 2.81. The van der Waals surface area contributed by atoms with Gasteiger partial charge in [-0.2, -0.15) is 0 Å². The SMILES string of the molecule is CCCCCCCCCC(C)CO[Si](C)(C)c1ccccc1. The van der Waals surface area contributed by atoms with Crippen LogP contribution in [0.5, 0.6) is 0 Å². The molecule has 22 heavy (non-hydrogen) atoms. The van der Waals surface area contributed by atoms with Crippen LogP contribution in [-0.4, -0.2) is 14.9 Å². The van der Waals surface area contributed by atoms with Gasteiger partial charge in [0.05, 0.1) is 0 Å². The zero-order valence-corrected chi connectivity index (χ0v) is 16.2. The molecule has 0 amide bonds. The van der Waals surface area contributed by atoms with E-state index in [-0.39, 0.29) is 0 Å². The van der Waals surface area contributed by atoms with E-state index in [0.29, 0.717) is 5.92 Å². The Balaban J connectivity index is 2.13. The van der Waals surface area contributed by atoms with Crippen LogP contribution in [0.15, 0.2) is 30.3 Å². The van der Waals surface area contributed by atoms with Crippen LogP contribution in [0.3, 0.4) is 0 Å². The first-order valence-corrected chi connectivity index (χ1v) is 12.2. The van der Waals surface area contributed by atoms with Crippen molar-refractivity contribution >= 4 is 13.5 Å². The molecule has 1 nitrogen and oxygen atoms in total. The zero-order valence-electron chi connectivity index (χ0n) is 15.2. The second kappa shape index (κ2) is 11.0. The molecular weight excluding hydrogens is 284 g/mol. The van der Waals surface area contributed by atoms with Crippen LogP contribution in [0, 0.1) is 5.92 Å². The van der Waals surface area contributed by atoms with Gasteiger partial charge in [0, 0.05) is 6.61 Å². The highest BCUT2D eigenvalue weighted by atomic mass is 28.4. The summed E-state index contributed by atoms with van der Waals surface area (Å²) < 4.78 is 6.33. The van der Waals surface area contributed by atoms with Gasteiger partial charge in [-0.3, -0.25) is 0 Å². The van der Waals surface area contributed by atoms with E-state index in [0.717, 1.165) is 6.61 Å². The summed E-state index contributed by atoms with van der Waals surface area (Å²) >= 11 is 0. The van der Waals surface area contributed by atoms with Gasteiger partial charge in [0.1, 0.15) is 0 Å². The van der Waals surface area contributed by atoms with Gasteiger partial charge in [-0.25, -0.2) is 0 Å². The molecule has 1 aromatic carbocycles. The number of benzene rings is 1. The molecule has 0 aromatic heterocycles. The summed E-state index contributed by atoms with van der Waals surface area (Å²) in [6.45, 7) is 10.2. The minimum absolute atomic E-state index is 0.686. The summed E-state index contributed by atoms with van der Waals surface area (Å²) in [4.78, 5) is 0. The van der Waals surface area contributed by atoms with Gasteiger partial charge in [-0.1, -0.05) is 89.1 Å². The van der Waals surface area contributed by atoms with E-state index < -0.39 is 8.32 Å². The molecule has 0 saturated carbocycles. The molecule has 0 heterocycles. The van der Waals surface area contributed by atoms with Crippen molar-refractivity contribution < 1.29 is 4.43 Å². The molecule has 0 aliphatic carbocycles. The molecule has 126 valence electrons. The first kappa shape index (κ1) is 19.4. The maximum atomic E-state index is 6.33. The molecule has 0 fully saturated rings. The van der Waals surface area contributed by atoms with Crippen LogP contribution < -0.4 is 5.19 Å². The Bertz CT molecular complexity index is 375. The third-order valence-electron chi connectivity index (χ3n) is 4.50. The van der Waals surface area contributed by atoms with Crippen molar-refractivity contribution in [3.8, 4) is 0 Å². The minimum Gasteiger partial charge on any atom is -0.413 e. The Morgan fingerprint density at radius 1 is 0.909 bits per heavy atom. The highest BCUT2D eigenvalue weighted by Crippen LogP contribution is 2.15. The second-order valence-electron chi connectivity index (χ2n) is 7.20. The largest absolute Gasteiger partial charge is 0.413 e. The van der Waals surface area contributed by atoms with Crippen LogP contribution in [0.2, 0.25) is 13.1 Å². The molecule has 0 radical (unpaired) electrons. The van der Waals surface area contributed by atoms with Crippen molar-refractivity contribution in [2.45, 2.75) is 78.3 Å². The maximum Gasteiger partial charge on any atom is 0.218 e. The average Bonchev–Trinajstić information content (AvgIpc) is 2.53. The molecule has 1 aromatic rings. The molecule has 0 N–H and O–H groups in total. The molecule has 0 aliphatic rings. The number of unbranched alkanes of at least 4 members (excludes halogenated alkanes) is 6. The highest BCUT2D eigenvalue weighted by Gasteiger charge is 2.25. The zero-order chi connectivity index (χ0) is 16.3. The third-order valence-corrected chi connectivity index (χ3v) is 7.11. The number of rotatable bonds is 12. The Hall–Kier alpha value is -0.603. The maximum absolute atomic E-state index is 6.33. The van der Waals surface area contributed by atoms with E-state index in [1.807, 2.05) is 0 Å². The van der Waals surface area contributed by atoms with Crippen LogP contribution in [0.1, 0.15) is 65.2 Å². The highest BCUT2D eigenvalue weighted by molar-refractivity contribution is 6.84. The van der Waals surface area contributed by atoms with Crippen molar-refractivity contribution in [2.75, 3.05) is 6.61 Å². The van der Waals surface area contributed by atoms with Gasteiger partial charge in [0.2, 0.25) is 8.32 Å². The van der Waals surface area contributed by atoms with Gasteiger partial charge >= 0.3 is 0 Å². The van der Waals surface area contributed by atoms with Gasteiger partial charge in [-0.15, -0.1) is 0 Å². The lowest BCUT2D eigenvalue weighted by molar-refractivity contribution is 0.245. The fraction of sp³-hybridized carbons (Fsp3) is 0.700. The molecule has 0 spiro atoms. The van der Waals surface area contributed by atoms with E-state index in [9.17, 15) is 0 Å². The molecule has 0 bridgehead atoms. The van der Waals surface area contributed by atoms with Crippen LogP contribution >= 0.6 is 0 Å². The lowest BCUT2D eigenvalue weighted by atomic mass is 10.0. The monoisotopic (exact) mass is 320 g/mol. The lowest BCUT2D eigenvalue weighted by Crippen LogP contribution is -2.45. The van der Waals surface area contributed by atoms with E-state index in [1.165, 1.54) is 56.6 Å². The van der Waals surface area contributed by atoms with Crippen molar-refractivity contribution in [3.05, 3.63) is 30.3 Å². The van der Waals surface area contributed by atoms with Crippen molar-refractivity contribution in [1.29, 1.82) is 0 Å². The van der Waals surface area contributed by atoms with E-state index in [2.05, 4.69) is 57.3 Å². The third kappa shape index (κ3) is 8.14. The Morgan fingerprint density at radius 2 is 1.50 bits per heavy atom. The number of hydrogen-bond donors (Lipinski definition) is 0. The van der Waals surface area contributed by atoms with Crippen molar-refractivity contribution in [1.82, 2.24) is 0 Å². The number of hydrogen-bond acceptors (Lipinski definition) is 1. The predicted molar refractivity (Wildman–Crippen MR) is 101 cm³/mol. The predicted octanol–water partition coefficient (Wildman–Crippen LogP) is 5.89. The summed E-state index contributed by atoms with van der Waals surface area (Å²) in [6, 6.07) is 10.8. The minimum atomic E-state index is -1.71. The quantitative estimate of drug-likeness (QED) is 0.344. The Kier molecular flexibility index (Phi) is 9.73. The van der Waals surface area contributed by atoms with E-state index in [1.54, 1.807) is 0 Å². The first-order chi connectivity index (χ1) is 10.6. The normalized spacial score (nSPS) is 13.3. The summed E-state index contributed by atoms with van der Waals surface area (Å²) in [5.41, 5.74) is 0. The summed E-state index contributed by atoms with van der Waals surface area (Å²) in [7, 11) is -1.71. The molecule has 1 unspecified atom stereocenters. The van der Waals surface area contributed by atoms with Crippen molar-refractivity contribution in [2.24, 2.45) is 5.92 Å². The van der Waals surface area contributed by atoms with Crippen LogP contribution in [0.25, 0.3) is 0 Å². The Morgan fingerprint density at radius 3 is 2.14 bits per heavy atom. The Labute approximate surface area is 139 Å². The second-order valence-corrected chi connectivity index (χ2v) is 11.1. The average molecular weight is 321 g/mol. The van der Waals surface area contributed by atoms with Crippen LogP contribution in [-0.2, 0) is 4.43 Å². The molecular formula is C20H36OSi. The molecule has 0 aliphatic heterocycles. The molecule has 1 atom stereocenters. The first-order valence-electron chi connectivity index (χ1n) is 9.25. The lowest BCUT2D eigenvalue weighted by Gasteiger charge is -2.25. The summed E-state index contributed by atoms with van der Waals surface area (Å²) in [6.07, 6.45) is 11.1. The van der Waals surface area contributed by atoms with Crippen molar-refractivity contribution in [3.63, 3.8) is 0 Å². The van der Waals surface area contributed by atoms with Gasteiger partial charge in [-0.05, 0) is 30.6 Å². The molecule has 1 rings (SSSR count). The smallest absolute Gasteiger partial charge is 0.218 e. The standard InChI is InChI=1S/C20H36OSi/c1-5-6-7-8-9-10-12-15-19(2)18-21-22(3,4)20-16-13-11-14-17-20/h11,13-14,16-17,19H,5-10,12,15,18H2,1-4H3. The van der Waals surface area contributed by atoms with Gasteiger partial charge < -0.3 is 4.43 Å². The summed E-state index contributed by atoms with van der Waals surface area (Å²) in [5.74, 6) is 0.686. The van der Waals surface area contributed by atoms with E-state index in [4.69, 9.17) is 4.43 Å². The van der Waals surface area contributed by atoms with Gasteiger partial charge in [0.15, 0.2) is 0 Å². The van der Waals surface area contributed by atoms with Crippen LogP contribution in [0.4, 0.5) is 0 Å². The molecule has 0 saturated heterocycles. The summed E-state index contributed by atoms with van der Waals surface area (Å²) in [5, 5.41) is 1.40. The topological polar surface area (TPSA) is 9.23 Å². The fourth-order valence-corrected chi connectivity index (χ4v) is 4.67. The molecule has 2 heteroatoms.